The summed E-state index contributed by atoms with van der Waals surface area (Å²) in [5.74, 6) is -3.97. The van der Waals surface area contributed by atoms with Crippen LogP contribution < -0.4 is 5.73 Å². The minimum atomic E-state index is -5.11. The van der Waals surface area contributed by atoms with E-state index in [-0.39, 0.29) is 19.4 Å². The van der Waals surface area contributed by atoms with Crippen LogP contribution in [0.1, 0.15) is 91.9 Å². The number of aliphatic hydroxyl groups excluding tert-OH is 1. The normalized spacial score (nSPS) is 14.5. The number of unbranched alkanes of at least 4 members (excludes halogenated alkanes) is 4. The van der Waals surface area contributed by atoms with Gasteiger partial charge in [0.05, 0.1) is 12.5 Å². The van der Waals surface area contributed by atoms with Gasteiger partial charge < -0.3 is 21.1 Å². The van der Waals surface area contributed by atoms with Crippen molar-refractivity contribution >= 4 is 22.1 Å². The van der Waals surface area contributed by atoms with Crippen LogP contribution in [0.5, 0.6) is 0 Å². The van der Waals surface area contributed by atoms with Crippen molar-refractivity contribution in [3.63, 3.8) is 0 Å². The van der Waals surface area contributed by atoms with E-state index in [2.05, 4.69) is 27.7 Å². The first-order chi connectivity index (χ1) is 14.8. The summed E-state index contributed by atoms with van der Waals surface area (Å²) in [7, 11) is -5.11. The van der Waals surface area contributed by atoms with Crippen molar-refractivity contribution in [2.75, 3.05) is 13.2 Å². The number of carbonyl (C=O) groups is 2. The van der Waals surface area contributed by atoms with Gasteiger partial charge in [0.1, 0.15) is 0 Å². The lowest BCUT2D eigenvalue weighted by molar-refractivity contribution is -0.152. The average Bonchev–Trinajstić information content (AvgIpc) is 2.66. The molecule has 2 unspecified atom stereocenters. The van der Waals surface area contributed by atoms with Crippen molar-refractivity contribution in [3.8, 4) is 0 Å². The van der Waals surface area contributed by atoms with Crippen LogP contribution in [0.4, 0.5) is 0 Å². The molecule has 2 atom stereocenters. The van der Waals surface area contributed by atoms with Gasteiger partial charge in [0, 0.05) is 6.54 Å². The van der Waals surface area contributed by atoms with E-state index in [1.807, 2.05) is 0 Å². The molecule has 0 amide bonds. The van der Waals surface area contributed by atoms with E-state index < -0.39 is 39.1 Å². The highest BCUT2D eigenvalue weighted by atomic mass is 32.2. The lowest BCUT2D eigenvalue weighted by Gasteiger charge is -2.32. The summed E-state index contributed by atoms with van der Waals surface area (Å²) in [5, 5.41) is 27.0. The Bertz CT molecular complexity index is 619. The topological polar surface area (TPSA) is 175 Å². The molecule has 0 aromatic carbocycles. The van der Waals surface area contributed by atoms with E-state index in [0.29, 0.717) is 37.6 Å². The molecule has 9 nitrogen and oxygen atoms in total. The standard InChI is InChI=1S/C20H38O7S.C2H7NO/c1-15(2)11-7-5-9-13-17(18(21)22)20(19(23)24,28(25,26)27)14-10-6-8-12-16(3)4;3-1-2-4/h15-17H,5-14H2,1-4H3,(H,21,22)(H,23,24)(H,25,26,27);4H,1-3H2. The van der Waals surface area contributed by atoms with Crippen LogP contribution in [0.2, 0.25) is 0 Å². The number of hydrogen-bond donors (Lipinski definition) is 5. The second kappa shape index (κ2) is 17.3. The largest absolute Gasteiger partial charge is 0.481 e. The first-order valence-corrected chi connectivity index (χ1v) is 13.0. The molecule has 192 valence electrons. The van der Waals surface area contributed by atoms with E-state index in [4.69, 9.17) is 10.8 Å². The summed E-state index contributed by atoms with van der Waals surface area (Å²) in [5.41, 5.74) is 4.78. The number of hydrogen-bond acceptors (Lipinski definition) is 6. The predicted molar refractivity (Wildman–Crippen MR) is 125 cm³/mol. The molecule has 6 N–H and O–H groups in total. The molecular formula is C22H45NO8S. The molecular weight excluding hydrogens is 438 g/mol. The van der Waals surface area contributed by atoms with Crippen molar-refractivity contribution in [3.05, 3.63) is 0 Å². The Hall–Kier alpha value is -1.23. The molecule has 0 aliphatic rings. The summed E-state index contributed by atoms with van der Waals surface area (Å²) in [6.07, 6.45) is 4.98. The Morgan fingerprint density at radius 3 is 1.56 bits per heavy atom. The van der Waals surface area contributed by atoms with Gasteiger partial charge in [0.25, 0.3) is 10.1 Å². The predicted octanol–water partition coefficient (Wildman–Crippen LogP) is 3.55. The molecule has 32 heavy (non-hydrogen) atoms. The fourth-order valence-electron chi connectivity index (χ4n) is 3.60. The third-order valence-electron chi connectivity index (χ3n) is 5.42. The fourth-order valence-corrected chi connectivity index (χ4v) is 4.80. The highest BCUT2D eigenvalue weighted by molar-refractivity contribution is 7.88. The number of carboxylic acid groups (broad SMARTS) is 2. The summed E-state index contributed by atoms with van der Waals surface area (Å²) < 4.78 is 31.3. The molecule has 0 saturated carbocycles. The van der Waals surface area contributed by atoms with E-state index in [1.54, 1.807) is 0 Å². The lowest BCUT2D eigenvalue weighted by Crippen LogP contribution is -2.55. The maximum Gasteiger partial charge on any atom is 0.328 e. The smallest absolute Gasteiger partial charge is 0.328 e. The van der Waals surface area contributed by atoms with Gasteiger partial charge in [-0.2, -0.15) is 8.42 Å². The van der Waals surface area contributed by atoms with Gasteiger partial charge in [-0.05, 0) is 24.7 Å². The van der Waals surface area contributed by atoms with Crippen LogP contribution in [0.3, 0.4) is 0 Å². The summed E-state index contributed by atoms with van der Waals surface area (Å²) in [6.45, 7) is 8.74. The zero-order chi connectivity index (χ0) is 25.4. The van der Waals surface area contributed by atoms with E-state index in [9.17, 15) is 32.8 Å². The van der Waals surface area contributed by atoms with Crippen LogP contribution in [0, 0.1) is 17.8 Å². The zero-order valence-electron chi connectivity index (χ0n) is 20.1. The third-order valence-corrected chi connectivity index (χ3v) is 7.00. The van der Waals surface area contributed by atoms with Gasteiger partial charge in [-0.3, -0.25) is 14.1 Å². The highest BCUT2D eigenvalue weighted by Crippen LogP contribution is 2.37. The van der Waals surface area contributed by atoms with Crippen LogP contribution in [0.25, 0.3) is 0 Å². The molecule has 0 heterocycles. The van der Waals surface area contributed by atoms with Crippen LogP contribution in [-0.4, -0.2) is 58.1 Å². The quantitative estimate of drug-likeness (QED) is 0.153. The number of carboxylic acids is 2. The molecule has 0 fully saturated rings. The van der Waals surface area contributed by atoms with Gasteiger partial charge in [-0.1, -0.05) is 79.1 Å². The monoisotopic (exact) mass is 483 g/mol. The Balaban J connectivity index is 0. The van der Waals surface area contributed by atoms with E-state index in [0.717, 1.165) is 25.7 Å². The Kier molecular flexibility index (Phi) is 17.8. The van der Waals surface area contributed by atoms with Crippen LogP contribution >= 0.6 is 0 Å². The number of nitrogens with two attached hydrogens (primary N) is 1. The van der Waals surface area contributed by atoms with Crippen LogP contribution in [-0.2, 0) is 19.7 Å². The minimum Gasteiger partial charge on any atom is -0.481 e. The minimum absolute atomic E-state index is 0.0918. The fraction of sp³-hybridized carbons (Fsp3) is 0.909. The molecule has 0 aliphatic carbocycles. The molecule has 0 aromatic rings. The van der Waals surface area contributed by atoms with Gasteiger partial charge in [0.15, 0.2) is 0 Å². The zero-order valence-corrected chi connectivity index (χ0v) is 20.9. The summed E-state index contributed by atoms with van der Waals surface area (Å²) in [4.78, 5) is 23.8. The Labute approximate surface area is 193 Å². The number of aliphatic carboxylic acids is 2. The average molecular weight is 484 g/mol. The molecule has 0 aromatic heterocycles. The SMILES string of the molecule is CC(C)CCCCCC(C(=O)O)C(CCCCCC(C)C)(C(=O)O)S(=O)(=O)O.NCCO. The van der Waals surface area contributed by atoms with Gasteiger partial charge in [-0.25, -0.2) is 0 Å². The van der Waals surface area contributed by atoms with Crippen molar-refractivity contribution in [1.29, 1.82) is 0 Å². The Morgan fingerprint density at radius 1 is 0.844 bits per heavy atom. The second-order valence-corrected chi connectivity index (χ2v) is 10.8. The van der Waals surface area contributed by atoms with E-state index >= 15 is 0 Å². The molecule has 0 spiro atoms. The van der Waals surface area contributed by atoms with Crippen LogP contribution in [0.15, 0.2) is 0 Å². The molecule has 0 saturated heterocycles. The van der Waals surface area contributed by atoms with Gasteiger partial charge >= 0.3 is 11.9 Å². The molecule has 0 radical (unpaired) electrons. The summed E-state index contributed by atoms with van der Waals surface area (Å²) >= 11 is 0. The highest BCUT2D eigenvalue weighted by Gasteiger charge is 2.58. The number of rotatable bonds is 17. The third kappa shape index (κ3) is 12.7. The second-order valence-electron chi connectivity index (χ2n) is 9.10. The maximum atomic E-state index is 12.1. The van der Waals surface area contributed by atoms with Gasteiger partial charge in [0.2, 0.25) is 4.75 Å². The van der Waals surface area contributed by atoms with E-state index in [1.165, 1.54) is 0 Å². The maximum absolute atomic E-state index is 12.1. The molecule has 0 bridgehead atoms. The van der Waals surface area contributed by atoms with Crippen molar-refractivity contribution < 1.29 is 37.9 Å². The van der Waals surface area contributed by atoms with Crippen molar-refractivity contribution in [2.24, 2.45) is 23.5 Å². The first-order valence-electron chi connectivity index (χ1n) is 11.5. The molecule has 10 heteroatoms. The summed E-state index contributed by atoms with van der Waals surface area (Å²) in [6, 6.07) is 0. The van der Waals surface area contributed by atoms with Crippen molar-refractivity contribution in [2.45, 2.75) is 96.7 Å². The molecule has 0 rings (SSSR count). The Morgan fingerprint density at radius 2 is 1.25 bits per heavy atom. The van der Waals surface area contributed by atoms with Crippen molar-refractivity contribution in [1.82, 2.24) is 0 Å². The van der Waals surface area contributed by atoms with Gasteiger partial charge in [-0.15, -0.1) is 0 Å². The lowest BCUT2D eigenvalue weighted by atomic mass is 9.82. The number of aliphatic hydroxyl groups is 1. The first kappa shape index (κ1) is 32.9. The molecule has 0 aliphatic heterocycles.